The van der Waals surface area contributed by atoms with Gasteiger partial charge in [0, 0.05) is 0 Å². The van der Waals surface area contributed by atoms with Gasteiger partial charge in [-0.25, -0.2) is 0 Å². The molecule has 1 N–H and O–H groups in total. The van der Waals surface area contributed by atoms with Gasteiger partial charge in [0.2, 0.25) is 0 Å². The third kappa shape index (κ3) is 2.99. The Labute approximate surface area is 107 Å². The van der Waals surface area contributed by atoms with Crippen molar-refractivity contribution >= 4 is 11.9 Å². The molecular formula is C11H14F3NO4. The van der Waals surface area contributed by atoms with Crippen molar-refractivity contribution in [1.29, 1.82) is 0 Å². The van der Waals surface area contributed by atoms with Crippen LogP contribution in [0.4, 0.5) is 13.2 Å². The zero-order chi connectivity index (χ0) is 14.3. The van der Waals surface area contributed by atoms with Crippen molar-refractivity contribution in [3.05, 3.63) is 0 Å². The van der Waals surface area contributed by atoms with Gasteiger partial charge in [-0.3, -0.25) is 9.59 Å². The maximum Gasteiger partial charge on any atom is 0.471 e. The van der Waals surface area contributed by atoms with E-state index in [4.69, 9.17) is 9.84 Å². The Morgan fingerprint density at radius 2 is 2.00 bits per heavy atom. The van der Waals surface area contributed by atoms with E-state index in [1.165, 1.54) is 0 Å². The van der Waals surface area contributed by atoms with Gasteiger partial charge in [-0.2, -0.15) is 13.2 Å². The second-order valence-electron chi connectivity index (χ2n) is 5.07. The summed E-state index contributed by atoms with van der Waals surface area (Å²) in [6, 6.07) is 0. The highest BCUT2D eigenvalue weighted by molar-refractivity contribution is 5.83. The molecule has 0 aromatic rings. The molecule has 2 fully saturated rings. The Balaban J connectivity index is 1.90. The van der Waals surface area contributed by atoms with Crippen molar-refractivity contribution in [3.8, 4) is 0 Å². The number of carbonyl (C=O) groups is 2. The molecule has 0 aromatic heterocycles. The first-order chi connectivity index (χ1) is 8.72. The molecular weight excluding hydrogens is 267 g/mol. The summed E-state index contributed by atoms with van der Waals surface area (Å²) in [7, 11) is 0. The first kappa shape index (κ1) is 14.1. The van der Waals surface area contributed by atoms with Gasteiger partial charge in [-0.05, 0) is 19.3 Å². The number of aliphatic carboxylic acids is 1. The Kier molecular flexibility index (Phi) is 3.46. The number of likely N-dealkylation sites (tertiary alicyclic amines) is 1. The molecule has 1 spiro atoms. The predicted molar refractivity (Wildman–Crippen MR) is 56.3 cm³/mol. The number of amides is 1. The summed E-state index contributed by atoms with van der Waals surface area (Å²) in [5.41, 5.74) is -0.778. The van der Waals surface area contributed by atoms with Crippen molar-refractivity contribution in [2.75, 3.05) is 13.1 Å². The third-order valence-electron chi connectivity index (χ3n) is 3.47. The van der Waals surface area contributed by atoms with Crippen LogP contribution in [-0.2, 0) is 14.3 Å². The number of hydrogen-bond acceptors (Lipinski definition) is 3. The van der Waals surface area contributed by atoms with Crippen LogP contribution < -0.4 is 0 Å². The molecule has 1 amide bonds. The summed E-state index contributed by atoms with van der Waals surface area (Å²) in [6.07, 6.45) is -3.65. The fourth-order valence-corrected chi connectivity index (χ4v) is 2.67. The van der Waals surface area contributed by atoms with Crippen LogP contribution >= 0.6 is 0 Å². The molecule has 0 aromatic carbocycles. The Bertz CT molecular complexity index is 390. The highest BCUT2D eigenvalue weighted by Crippen LogP contribution is 2.39. The zero-order valence-corrected chi connectivity index (χ0v) is 10.1. The van der Waals surface area contributed by atoms with E-state index in [1.807, 2.05) is 0 Å². The molecule has 2 rings (SSSR count). The van der Waals surface area contributed by atoms with Gasteiger partial charge < -0.3 is 14.7 Å². The van der Waals surface area contributed by atoms with Gasteiger partial charge in [0.15, 0.2) is 0 Å². The number of carboxylic acid groups (broad SMARTS) is 1. The minimum atomic E-state index is -4.86. The number of hydrogen-bond donors (Lipinski definition) is 1. The molecule has 2 saturated heterocycles. The van der Waals surface area contributed by atoms with Crippen molar-refractivity contribution in [2.24, 2.45) is 0 Å². The lowest BCUT2D eigenvalue weighted by Crippen LogP contribution is -2.68. The highest BCUT2D eigenvalue weighted by Gasteiger charge is 2.54. The molecule has 2 heterocycles. The fraction of sp³-hybridized carbons (Fsp3) is 0.818. The van der Waals surface area contributed by atoms with Crippen LogP contribution in [0.1, 0.15) is 25.7 Å². The van der Waals surface area contributed by atoms with E-state index in [0.29, 0.717) is 24.2 Å². The summed E-state index contributed by atoms with van der Waals surface area (Å²) < 4.78 is 42.2. The van der Waals surface area contributed by atoms with Crippen molar-refractivity contribution in [1.82, 2.24) is 4.90 Å². The molecule has 19 heavy (non-hydrogen) atoms. The van der Waals surface area contributed by atoms with Crippen LogP contribution in [0.25, 0.3) is 0 Å². The zero-order valence-electron chi connectivity index (χ0n) is 10.1. The molecule has 2 aliphatic heterocycles. The molecule has 5 nitrogen and oxygen atoms in total. The van der Waals surface area contributed by atoms with Crippen molar-refractivity contribution in [3.63, 3.8) is 0 Å². The third-order valence-corrected chi connectivity index (χ3v) is 3.47. The molecule has 0 saturated carbocycles. The number of carboxylic acids is 1. The summed E-state index contributed by atoms with van der Waals surface area (Å²) in [5, 5.41) is 8.68. The summed E-state index contributed by atoms with van der Waals surface area (Å²) in [5.74, 6) is -2.85. The summed E-state index contributed by atoms with van der Waals surface area (Å²) in [4.78, 5) is 22.3. The van der Waals surface area contributed by atoms with Crippen LogP contribution in [0.15, 0.2) is 0 Å². The molecule has 0 aliphatic carbocycles. The average molecular weight is 281 g/mol. The topological polar surface area (TPSA) is 66.8 Å². The van der Waals surface area contributed by atoms with Crippen LogP contribution in [0.5, 0.6) is 0 Å². The van der Waals surface area contributed by atoms with Gasteiger partial charge in [-0.15, -0.1) is 0 Å². The van der Waals surface area contributed by atoms with Crippen LogP contribution in [-0.4, -0.2) is 52.9 Å². The molecule has 108 valence electrons. The normalized spacial score (nSPS) is 26.1. The average Bonchev–Trinajstić information content (AvgIpc) is 2.22. The number of rotatable bonds is 2. The van der Waals surface area contributed by atoms with E-state index in [9.17, 15) is 22.8 Å². The van der Waals surface area contributed by atoms with E-state index in [0.717, 1.165) is 0 Å². The minimum Gasteiger partial charge on any atom is -0.481 e. The maximum atomic E-state index is 12.2. The smallest absolute Gasteiger partial charge is 0.471 e. The molecule has 0 bridgehead atoms. The van der Waals surface area contributed by atoms with Crippen molar-refractivity contribution < 1.29 is 32.6 Å². The lowest BCUT2D eigenvalue weighted by molar-refractivity contribution is -0.227. The number of carbonyl (C=O) groups excluding carboxylic acids is 1. The van der Waals surface area contributed by atoms with E-state index in [2.05, 4.69) is 0 Å². The second-order valence-corrected chi connectivity index (χ2v) is 5.07. The van der Waals surface area contributed by atoms with E-state index >= 15 is 0 Å². The Morgan fingerprint density at radius 3 is 2.53 bits per heavy atom. The molecule has 0 radical (unpaired) electrons. The van der Waals surface area contributed by atoms with E-state index in [1.54, 1.807) is 0 Å². The van der Waals surface area contributed by atoms with Gasteiger partial charge in [0.1, 0.15) is 5.60 Å². The molecule has 2 aliphatic rings. The second kappa shape index (κ2) is 4.66. The van der Waals surface area contributed by atoms with Gasteiger partial charge in [0.05, 0.1) is 25.6 Å². The van der Waals surface area contributed by atoms with Gasteiger partial charge >= 0.3 is 18.1 Å². The van der Waals surface area contributed by atoms with Crippen LogP contribution in [0.2, 0.25) is 0 Å². The minimum absolute atomic E-state index is 0.110. The summed E-state index contributed by atoms with van der Waals surface area (Å²) in [6.45, 7) is -0.219. The summed E-state index contributed by atoms with van der Waals surface area (Å²) >= 11 is 0. The first-order valence-electron chi connectivity index (χ1n) is 5.98. The van der Waals surface area contributed by atoms with Gasteiger partial charge in [-0.1, -0.05) is 0 Å². The Morgan fingerprint density at radius 1 is 1.37 bits per heavy atom. The quantitative estimate of drug-likeness (QED) is 0.825. The monoisotopic (exact) mass is 281 g/mol. The predicted octanol–water partition coefficient (Wildman–Crippen LogP) is 1.17. The van der Waals surface area contributed by atoms with Crippen molar-refractivity contribution in [2.45, 2.75) is 43.6 Å². The number of nitrogens with zero attached hydrogens (tertiary/aromatic N) is 1. The number of halogens is 3. The molecule has 1 atom stereocenters. The lowest BCUT2D eigenvalue weighted by Gasteiger charge is -2.53. The number of alkyl halides is 3. The molecule has 8 heteroatoms. The first-order valence-corrected chi connectivity index (χ1v) is 5.98. The maximum absolute atomic E-state index is 12.2. The van der Waals surface area contributed by atoms with Crippen LogP contribution in [0.3, 0.4) is 0 Å². The standard InChI is InChI=1S/C11H14F3NO4/c12-11(13,14)9(18)15-5-10(6-15)3-1-2-7(19-10)4-8(16)17/h7H,1-6H2,(H,16,17). The van der Waals surface area contributed by atoms with E-state index < -0.39 is 29.8 Å². The number of ether oxygens (including phenoxy) is 1. The van der Waals surface area contributed by atoms with Gasteiger partial charge in [0.25, 0.3) is 0 Å². The van der Waals surface area contributed by atoms with Crippen LogP contribution in [0, 0.1) is 0 Å². The lowest BCUT2D eigenvalue weighted by atomic mass is 9.84. The molecule has 1 unspecified atom stereocenters. The SMILES string of the molecule is O=C(O)CC1CCCC2(CN(C(=O)C(F)(F)F)C2)O1. The highest BCUT2D eigenvalue weighted by atomic mass is 19.4. The fourth-order valence-electron chi connectivity index (χ4n) is 2.67. The van der Waals surface area contributed by atoms with E-state index in [-0.39, 0.29) is 19.5 Å². The largest absolute Gasteiger partial charge is 0.481 e. The Hall–Kier alpha value is -1.31.